The zero-order valence-corrected chi connectivity index (χ0v) is 21.6. The van der Waals surface area contributed by atoms with Crippen molar-refractivity contribution < 1.29 is 0 Å². The maximum Gasteiger partial charge on any atom is 0.176 e. The van der Waals surface area contributed by atoms with Crippen molar-refractivity contribution in [1.29, 1.82) is 0 Å². The van der Waals surface area contributed by atoms with E-state index in [0.717, 1.165) is 33.0 Å². The number of benzene rings is 5. The van der Waals surface area contributed by atoms with Gasteiger partial charge < -0.3 is 0 Å². The Labute approximate surface area is 232 Å². The number of hydrazone groups is 2. The molecular formula is C34H26N6. The van der Waals surface area contributed by atoms with Gasteiger partial charge in [0.15, 0.2) is 11.6 Å². The molecule has 0 aliphatic carbocycles. The number of aromatic nitrogens is 2. The first kappa shape index (κ1) is 24.7. The van der Waals surface area contributed by atoms with E-state index in [0.29, 0.717) is 11.6 Å². The topological polar surface area (TPSA) is 74.6 Å². The summed E-state index contributed by atoms with van der Waals surface area (Å²) in [6, 6.07) is 45.0. The number of nitrogens with one attached hydrogen (secondary N) is 2. The normalized spacial score (nSPS) is 11.3. The number of rotatable bonds is 8. The molecule has 2 N–H and O–H groups in total. The van der Waals surface area contributed by atoms with E-state index in [1.807, 2.05) is 84.9 Å². The second kappa shape index (κ2) is 11.8. The lowest BCUT2D eigenvalue weighted by atomic mass is 10.0. The molecule has 0 fully saturated rings. The quantitative estimate of drug-likeness (QED) is 0.159. The standard InChI is InChI=1S/C34H26N6/c1-3-9-27(10-4-1)29-19-15-25(16-20-29)23-35-37-33-31-13-7-8-14-32(31)34(40-39-33)38-36-24-26-17-21-30(22-18-26)28-11-5-2-6-12-28/h1-24H,(H,37,39)(H,38,40)/b35-23-,36-24+. The lowest BCUT2D eigenvalue weighted by Gasteiger charge is -2.08. The van der Waals surface area contributed by atoms with Crippen LogP contribution in [0.5, 0.6) is 0 Å². The molecule has 0 aliphatic heterocycles. The summed E-state index contributed by atoms with van der Waals surface area (Å²) >= 11 is 0. The first-order chi connectivity index (χ1) is 19.8. The summed E-state index contributed by atoms with van der Waals surface area (Å²) in [6.07, 6.45) is 3.54. The molecule has 0 bridgehead atoms. The molecule has 0 atom stereocenters. The maximum atomic E-state index is 4.40. The van der Waals surface area contributed by atoms with Crippen LogP contribution in [0.3, 0.4) is 0 Å². The molecule has 0 unspecified atom stereocenters. The highest BCUT2D eigenvalue weighted by Crippen LogP contribution is 2.26. The molecule has 6 aromatic rings. The molecule has 6 heteroatoms. The number of hydrogen-bond donors (Lipinski definition) is 2. The monoisotopic (exact) mass is 518 g/mol. The third-order valence-corrected chi connectivity index (χ3v) is 6.49. The fraction of sp³-hybridized carbons (Fsp3) is 0. The lowest BCUT2D eigenvalue weighted by Crippen LogP contribution is -2.01. The van der Waals surface area contributed by atoms with Gasteiger partial charge in [-0.25, -0.2) is 0 Å². The zero-order chi connectivity index (χ0) is 27.0. The Morgan fingerprint density at radius 1 is 0.400 bits per heavy atom. The van der Waals surface area contributed by atoms with Gasteiger partial charge in [-0.15, -0.1) is 10.2 Å². The highest BCUT2D eigenvalue weighted by Gasteiger charge is 2.08. The number of fused-ring (bicyclic) bond motifs is 1. The fourth-order valence-corrected chi connectivity index (χ4v) is 4.39. The van der Waals surface area contributed by atoms with Crippen LogP contribution >= 0.6 is 0 Å². The van der Waals surface area contributed by atoms with Crippen molar-refractivity contribution >= 4 is 34.8 Å². The van der Waals surface area contributed by atoms with Gasteiger partial charge in [-0.2, -0.15) is 10.2 Å². The fourth-order valence-electron chi connectivity index (χ4n) is 4.39. The molecular weight excluding hydrogens is 492 g/mol. The summed E-state index contributed by atoms with van der Waals surface area (Å²) in [5, 5.41) is 19.3. The first-order valence-electron chi connectivity index (χ1n) is 13.0. The molecule has 0 aliphatic rings. The van der Waals surface area contributed by atoms with Gasteiger partial charge >= 0.3 is 0 Å². The first-order valence-corrected chi connectivity index (χ1v) is 13.0. The van der Waals surface area contributed by atoms with Crippen LogP contribution in [-0.2, 0) is 0 Å². The van der Waals surface area contributed by atoms with Crippen molar-refractivity contribution in [1.82, 2.24) is 10.2 Å². The molecule has 6 nitrogen and oxygen atoms in total. The molecule has 0 radical (unpaired) electrons. The van der Waals surface area contributed by atoms with E-state index in [1.54, 1.807) is 12.4 Å². The van der Waals surface area contributed by atoms with E-state index in [1.165, 1.54) is 11.1 Å². The van der Waals surface area contributed by atoms with Gasteiger partial charge in [0.1, 0.15) is 0 Å². The summed E-state index contributed by atoms with van der Waals surface area (Å²) in [5.41, 5.74) is 12.7. The lowest BCUT2D eigenvalue weighted by molar-refractivity contribution is 1.03. The third kappa shape index (κ3) is 5.76. The minimum absolute atomic E-state index is 0.568. The molecule has 5 aromatic carbocycles. The summed E-state index contributed by atoms with van der Waals surface area (Å²) in [4.78, 5) is 0. The van der Waals surface area contributed by atoms with Gasteiger partial charge in [0.25, 0.3) is 0 Å². The maximum absolute atomic E-state index is 4.40. The Bertz CT molecular complexity index is 1630. The number of nitrogens with zero attached hydrogens (tertiary/aromatic N) is 4. The van der Waals surface area contributed by atoms with Crippen molar-refractivity contribution in [2.45, 2.75) is 0 Å². The minimum Gasteiger partial charge on any atom is -0.259 e. The molecule has 0 amide bonds. The predicted octanol–water partition coefficient (Wildman–Crippen LogP) is 7.86. The van der Waals surface area contributed by atoms with Gasteiger partial charge in [0.2, 0.25) is 0 Å². The molecule has 40 heavy (non-hydrogen) atoms. The summed E-state index contributed by atoms with van der Waals surface area (Å²) in [7, 11) is 0. The molecule has 6 rings (SSSR count). The molecule has 0 spiro atoms. The average molecular weight is 519 g/mol. The smallest absolute Gasteiger partial charge is 0.176 e. The Hall–Kier alpha value is -5.62. The van der Waals surface area contributed by atoms with E-state index >= 15 is 0 Å². The summed E-state index contributed by atoms with van der Waals surface area (Å²) < 4.78 is 0. The van der Waals surface area contributed by atoms with E-state index in [-0.39, 0.29) is 0 Å². The third-order valence-electron chi connectivity index (χ3n) is 6.49. The Kier molecular flexibility index (Phi) is 7.31. The van der Waals surface area contributed by atoms with Gasteiger partial charge in [-0.1, -0.05) is 133 Å². The van der Waals surface area contributed by atoms with Crippen molar-refractivity contribution in [2.75, 3.05) is 10.9 Å². The van der Waals surface area contributed by atoms with E-state index in [2.05, 4.69) is 79.8 Å². The van der Waals surface area contributed by atoms with Crippen molar-refractivity contribution in [2.24, 2.45) is 10.2 Å². The van der Waals surface area contributed by atoms with Crippen molar-refractivity contribution in [3.63, 3.8) is 0 Å². The van der Waals surface area contributed by atoms with Gasteiger partial charge in [0, 0.05) is 10.8 Å². The van der Waals surface area contributed by atoms with Crippen LogP contribution in [0.4, 0.5) is 11.6 Å². The minimum atomic E-state index is 0.568. The van der Waals surface area contributed by atoms with Crippen molar-refractivity contribution in [3.8, 4) is 22.3 Å². The van der Waals surface area contributed by atoms with Crippen LogP contribution in [-0.4, -0.2) is 22.6 Å². The summed E-state index contributed by atoms with van der Waals surface area (Å²) in [6.45, 7) is 0. The largest absolute Gasteiger partial charge is 0.259 e. The van der Waals surface area contributed by atoms with E-state index < -0.39 is 0 Å². The highest BCUT2D eigenvalue weighted by molar-refractivity contribution is 5.98. The van der Waals surface area contributed by atoms with E-state index in [4.69, 9.17) is 0 Å². The molecule has 1 heterocycles. The van der Waals surface area contributed by atoms with Crippen LogP contribution in [0.1, 0.15) is 11.1 Å². The zero-order valence-electron chi connectivity index (χ0n) is 21.6. The van der Waals surface area contributed by atoms with Crippen LogP contribution < -0.4 is 10.9 Å². The average Bonchev–Trinajstić information content (AvgIpc) is 3.03. The van der Waals surface area contributed by atoms with E-state index in [9.17, 15) is 0 Å². The Morgan fingerprint density at radius 3 is 1.15 bits per heavy atom. The van der Waals surface area contributed by atoms with Crippen LogP contribution in [0, 0.1) is 0 Å². The Balaban J connectivity index is 1.13. The van der Waals surface area contributed by atoms with Gasteiger partial charge in [-0.05, 0) is 33.4 Å². The van der Waals surface area contributed by atoms with Gasteiger partial charge in [-0.3, -0.25) is 10.9 Å². The number of anilines is 2. The summed E-state index contributed by atoms with van der Waals surface area (Å²) in [5.74, 6) is 1.14. The Morgan fingerprint density at radius 2 is 0.750 bits per heavy atom. The molecule has 0 saturated carbocycles. The van der Waals surface area contributed by atoms with Crippen molar-refractivity contribution in [3.05, 3.63) is 145 Å². The number of hydrogen-bond acceptors (Lipinski definition) is 6. The van der Waals surface area contributed by atoms with Crippen LogP contribution in [0.25, 0.3) is 33.0 Å². The van der Waals surface area contributed by atoms with Crippen LogP contribution in [0.15, 0.2) is 144 Å². The SMILES string of the molecule is C(=N/Nc1nnc(N/N=C/c2ccc(-c3ccccc3)cc2)c2ccccc12)/c1ccc(-c2ccccc2)cc1. The van der Waals surface area contributed by atoms with Crippen LogP contribution in [0.2, 0.25) is 0 Å². The second-order valence-electron chi connectivity index (χ2n) is 9.16. The highest BCUT2D eigenvalue weighted by atomic mass is 15.4. The molecule has 192 valence electrons. The molecule has 1 aromatic heterocycles. The van der Waals surface area contributed by atoms with Gasteiger partial charge in [0.05, 0.1) is 12.4 Å². The molecule has 0 saturated heterocycles. The second-order valence-corrected chi connectivity index (χ2v) is 9.16. The predicted molar refractivity (Wildman–Crippen MR) is 166 cm³/mol.